The number of carboxylic acid groups (broad SMARTS) is 1. The lowest BCUT2D eigenvalue weighted by atomic mass is 9.72. The van der Waals surface area contributed by atoms with Crippen molar-refractivity contribution in [3.8, 4) is 0 Å². The standard InChI is InChI=1S/C17H24N2O3S/c1-10(2)14-9-23-15(18-14)11-4-3-7-19(8-11)16(20)12-5-6-13(12)17(21)22/h9-13H,3-8H2,1-2H3,(H,21,22). The molecule has 0 bridgehead atoms. The first kappa shape index (κ1) is 16.4. The maximum Gasteiger partial charge on any atom is 0.307 e. The molecule has 1 saturated heterocycles. The Labute approximate surface area is 140 Å². The third-order valence-electron chi connectivity index (χ3n) is 5.12. The Morgan fingerprint density at radius 2 is 2.04 bits per heavy atom. The van der Waals surface area contributed by atoms with E-state index < -0.39 is 11.9 Å². The van der Waals surface area contributed by atoms with Crippen molar-refractivity contribution in [3.63, 3.8) is 0 Å². The molecule has 23 heavy (non-hydrogen) atoms. The summed E-state index contributed by atoms with van der Waals surface area (Å²) in [6, 6.07) is 0. The number of carbonyl (C=O) groups is 2. The highest BCUT2D eigenvalue weighted by molar-refractivity contribution is 7.09. The van der Waals surface area contributed by atoms with Gasteiger partial charge in [0.25, 0.3) is 0 Å². The number of hydrogen-bond donors (Lipinski definition) is 1. The fraction of sp³-hybridized carbons (Fsp3) is 0.706. The second-order valence-corrected chi connectivity index (χ2v) is 7.91. The Kier molecular flexibility index (Phi) is 4.71. The van der Waals surface area contributed by atoms with Crippen LogP contribution in [-0.2, 0) is 9.59 Å². The van der Waals surface area contributed by atoms with Crippen molar-refractivity contribution in [3.05, 3.63) is 16.1 Å². The Bertz CT molecular complexity index is 598. The van der Waals surface area contributed by atoms with Crippen LogP contribution in [0.5, 0.6) is 0 Å². The van der Waals surface area contributed by atoms with Crippen LogP contribution in [0.2, 0.25) is 0 Å². The molecule has 0 aromatic carbocycles. The second-order valence-electron chi connectivity index (χ2n) is 7.02. The topological polar surface area (TPSA) is 70.5 Å². The highest BCUT2D eigenvalue weighted by atomic mass is 32.1. The fourth-order valence-electron chi connectivity index (χ4n) is 3.46. The molecule has 126 valence electrons. The lowest BCUT2D eigenvalue weighted by molar-refractivity contribution is -0.157. The zero-order chi connectivity index (χ0) is 16.6. The van der Waals surface area contributed by atoms with Gasteiger partial charge < -0.3 is 10.0 Å². The van der Waals surface area contributed by atoms with Gasteiger partial charge in [-0.1, -0.05) is 13.8 Å². The molecule has 2 heterocycles. The molecule has 3 atom stereocenters. The first-order valence-corrected chi connectivity index (χ1v) is 9.32. The van der Waals surface area contributed by atoms with Crippen LogP contribution in [0.4, 0.5) is 0 Å². The summed E-state index contributed by atoms with van der Waals surface area (Å²) in [6.45, 7) is 5.71. The third kappa shape index (κ3) is 3.27. The summed E-state index contributed by atoms with van der Waals surface area (Å²) in [5.74, 6) is -0.858. The highest BCUT2D eigenvalue weighted by Crippen LogP contribution is 2.38. The zero-order valence-corrected chi connectivity index (χ0v) is 14.5. The van der Waals surface area contributed by atoms with E-state index >= 15 is 0 Å². The molecule has 2 fully saturated rings. The third-order valence-corrected chi connectivity index (χ3v) is 6.15. The minimum atomic E-state index is -0.829. The van der Waals surface area contributed by atoms with Crippen LogP contribution in [0.1, 0.15) is 62.1 Å². The van der Waals surface area contributed by atoms with Gasteiger partial charge in [-0.3, -0.25) is 9.59 Å². The molecule has 1 aromatic rings. The van der Waals surface area contributed by atoms with Gasteiger partial charge >= 0.3 is 5.97 Å². The molecule has 1 amide bonds. The van der Waals surface area contributed by atoms with Gasteiger partial charge in [0.15, 0.2) is 0 Å². The number of aliphatic carboxylic acids is 1. The summed E-state index contributed by atoms with van der Waals surface area (Å²) in [4.78, 5) is 30.4. The van der Waals surface area contributed by atoms with Crippen molar-refractivity contribution in [1.82, 2.24) is 9.88 Å². The van der Waals surface area contributed by atoms with E-state index in [2.05, 4.69) is 19.2 Å². The average molecular weight is 336 g/mol. The van der Waals surface area contributed by atoms with Gasteiger partial charge in [0.1, 0.15) is 0 Å². The Hall–Kier alpha value is -1.43. The van der Waals surface area contributed by atoms with Crippen LogP contribution >= 0.6 is 11.3 Å². The molecule has 6 heteroatoms. The maximum absolute atomic E-state index is 12.6. The van der Waals surface area contributed by atoms with Crippen LogP contribution in [0.3, 0.4) is 0 Å². The number of amides is 1. The number of piperidine rings is 1. The van der Waals surface area contributed by atoms with Crippen LogP contribution < -0.4 is 0 Å². The molecule has 1 saturated carbocycles. The first-order valence-electron chi connectivity index (χ1n) is 8.44. The van der Waals surface area contributed by atoms with Crippen LogP contribution in [0.15, 0.2) is 5.38 Å². The number of carboxylic acids is 1. The number of aromatic nitrogens is 1. The lowest BCUT2D eigenvalue weighted by Gasteiger charge is -2.39. The number of hydrogen-bond acceptors (Lipinski definition) is 4. The minimum Gasteiger partial charge on any atom is -0.481 e. The van der Waals surface area contributed by atoms with E-state index in [0.717, 1.165) is 30.1 Å². The number of rotatable bonds is 4. The fourth-order valence-corrected chi connectivity index (χ4v) is 4.57. The van der Waals surface area contributed by atoms with Crippen molar-refractivity contribution in [2.24, 2.45) is 11.8 Å². The zero-order valence-electron chi connectivity index (χ0n) is 13.7. The molecule has 1 aliphatic carbocycles. The predicted octanol–water partition coefficient (Wildman–Crippen LogP) is 3.08. The molecule has 3 rings (SSSR count). The molecule has 3 unspecified atom stereocenters. The SMILES string of the molecule is CC(C)c1csc(C2CCCN(C(=O)C3CCC3C(=O)O)C2)n1. The van der Waals surface area contributed by atoms with E-state index in [1.54, 1.807) is 11.3 Å². The van der Waals surface area contributed by atoms with Gasteiger partial charge in [-0.2, -0.15) is 0 Å². The van der Waals surface area contributed by atoms with E-state index in [4.69, 9.17) is 10.1 Å². The lowest BCUT2D eigenvalue weighted by Crippen LogP contribution is -2.48. The first-order chi connectivity index (χ1) is 11.0. The maximum atomic E-state index is 12.6. The molecule has 1 N–H and O–H groups in total. The van der Waals surface area contributed by atoms with Crippen LogP contribution in [0.25, 0.3) is 0 Å². The number of likely N-dealkylation sites (tertiary alicyclic amines) is 1. The Balaban J connectivity index is 1.66. The quantitative estimate of drug-likeness (QED) is 0.917. The van der Waals surface area contributed by atoms with E-state index in [-0.39, 0.29) is 11.8 Å². The molecular weight excluding hydrogens is 312 g/mol. The van der Waals surface area contributed by atoms with Crippen molar-refractivity contribution in [1.29, 1.82) is 0 Å². The predicted molar refractivity (Wildman–Crippen MR) is 88.6 cm³/mol. The minimum absolute atomic E-state index is 0.0361. The van der Waals surface area contributed by atoms with Crippen molar-refractivity contribution >= 4 is 23.2 Å². The van der Waals surface area contributed by atoms with Gasteiger partial charge in [-0.05, 0) is 31.6 Å². The Morgan fingerprint density at radius 3 is 2.61 bits per heavy atom. The molecule has 1 aliphatic heterocycles. The highest BCUT2D eigenvalue weighted by Gasteiger charge is 2.44. The van der Waals surface area contributed by atoms with Gasteiger partial charge in [-0.15, -0.1) is 11.3 Å². The molecule has 0 spiro atoms. The normalized spacial score (nSPS) is 27.8. The Morgan fingerprint density at radius 1 is 1.30 bits per heavy atom. The summed E-state index contributed by atoms with van der Waals surface area (Å²) in [7, 11) is 0. The largest absolute Gasteiger partial charge is 0.481 e. The monoisotopic (exact) mass is 336 g/mol. The van der Waals surface area contributed by atoms with Crippen LogP contribution in [-0.4, -0.2) is 40.0 Å². The van der Waals surface area contributed by atoms with Gasteiger partial charge in [0, 0.05) is 24.4 Å². The summed E-state index contributed by atoms with van der Waals surface area (Å²) in [6.07, 6.45) is 3.37. The summed E-state index contributed by atoms with van der Waals surface area (Å²) >= 11 is 1.69. The second kappa shape index (κ2) is 6.59. The summed E-state index contributed by atoms with van der Waals surface area (Å²) in [5.41, 5.74) is 1.12. The van der Waals surface area contributed by atoms with Crippen molar-refractivity contribution in [2.45, 2.75) is 51.4 Å². The number of carbonyl (C=O) groups excluding carboxylic acids is 1. The smallest absolute Gasteiger partial charge is 0.307 e. The van der Waals surface area contributed by atoms with E-state index in [9.17, 15) is 9.59 Å². The van der Waals surface area contributed by atoms with Gasteiger partial charge in [-0.25, -0.2) is 4.98 Å². The van der Waals surface area contributed by atoms with Gasteiger partial charge in [0.2, 0.25) is 5.91 Å². The summed E-state index contributed by atoms with van der Waals surface area (Å²) in [5, 5.41) is 12.4. The summed E-state index contributed by atoms with van der Waals surface area (Å²) < 4.78 is 0. The number of nitrogens with zero attached hydrogens (tertiary/aromatic N) is 2. The average Bonchev–Trinajstić information content (AvgIpc) is 2.95. The van der Waals surface area contributed by atoms with Gasteiger partial charge in [0.05, 0.1) is 22.5 Å². The van der Waals surface area contributed by atoms with E-state index in [0.29, 0.717) is 31.2 Å². The molecule has 1 aromatic heterocycles. The molecular formula is C17H24N2O3S. The van der Waals surface area contributed by atoms with Crippen molar-refractivity contribution < 1.29 is 14.7 Å². The van der Waals surface area contributed by atoms with Crippen molar-refractivity contribution in [2.75, 3.05) is 13.1 Å². The van der Waals surface area contributed by atoms with E-state index in [1.165, 1.54) is 0 Å². The van der Waals surface area contributed by atoms with E-state index in [1.807, 2.05) is 4.90 Å². The number of thiazole rings is 1. The molecule has 0 radical (unpaired) electrons. The van der Waals surface area contributed by atoms with Crippen LogP contribution in [0, 0.1) is 11.8 Å². The molecule has 2 aliphatic rings. The molecule has 5 nitrogen and oxygen atoms in total.